The van der Waals surface area contributed by atoms with Gasteiger partial charge in [0.25, 0.3) is 0 Å². The first-order chi connectivity index (χ1) is 25.4. The van der Waals surface area contributed by atoms with Gasteiger partial charge >= 0.3 is 12.1 Å². The minimum Gasteiger partial charge on any atom is -0.488 e. The molecule has 0 fully saturated rings. The number of para-hydroxylation sites is 1. The highest BCUT2D eigenvalue weighted by Gasteiger charge is 2.41. The van der Waals surface area contributed by atoms with E-state index < -0.39 is 27.5 Å². The molecule has 53 heavy (non-hydrogen) atoms. The van der Waals surface area contributed by atoms with Gasteiger partial charge in [-0.25, -0.2) is 13.1 Å². The molecule has 13 nitrogen and oxygen atoms in total. The Balaban J connectivity index is 0.00000175. The fraction of sp³-hybridized carbons (Fsp3) is 0.308. The molecule has 6 rings (SSSR count). The number of aryl methyl sites for hydroxylation is 1. The van der Waals surface area contributed by atoms with Crippen LogP contribution < -0.4 is 4.74 Å². The molecule has 2 atom stereocenters. The van der Waals surface area contributed by atoms with Gasteiger partial charge in [0.1, 0.15) is 22.4 Å². The second-order valence-electron chi connectivity index (χ2n) is 13.2. The number of sulfonamides is 1. The van der Waals surface area contributed by atoms with E-state index in [0.717, 1.165) is 27.8 Å². The van der Waals surface area contributed by atoms with Crippen molar-refractivity contribution in [1.82, 2.24) is 24.3 Å². The Morgan fingerprint density at radius 1 is 1.00 bits per heavy atom. The van der Waals surface area contributed by atoms with Gasteiger partial charge in [-0.05, 0) is 91.4 Å². The topological polar surface area (TPSA) is 160 Å². The van der Waals surface area contributed by atoms with Gasteiger partial charge in [0, 0.05) is 18.9 Å². The second-order valence-corrected chi connectivity index (χ2v) is 15.1. The third kappa shape index (κ3) is 9.10. The first-order valence-corrected chi connectivity index (χ1v) is 18.2. The van der Waals surface area contributed by atoms with E-state index in [0.29, 0.717) is 23.6 Å². The molecule has 276 valence electrons. The predicted molar refractivity (Wildman–Crippen MR) is 192 cm³/mol. The highest BCUT2D eigenvalue weighted by molar-refractivity contribution is 7.89. The monoisotopic (exact) mass is 739 g/mol. The molecule has 3 heterocycles. The Labute approximate surface area is 308 Å². The number of methoxy groups -OCH3 is 1. The van der Waals surface area contributed by atoms with Crippen LogP contribution in [0.1, 0.15) is 54.8 Å². The molecule has 0 radical (unpaired) electrons. The molecule has 0 spiro atoms. The SMILES string of the molecule is COC(=O)C(C)(C)C(OCc1cn(Cc2cccc(-c3ccncc3)c2)nn1)c1ccc(C)c(CN2C[C@@H](C)Oc3ccccc3S2(=O)=O)c1.O=C=O. The van der Waals surface area contributed by atoms with Crippen molar-refractivity contribution in [3.8, 4) is 16.9 Å². The van der Waals surface area contributed by atoms with Crippen LogP contribution in [0.2, 0.25) is 0 Å². The maximum Gasteiger partial charge on any atom is 0.373 e. The van der Waals surface area contributed by atoms with Crippen LogP contribution in [-0.2, 0) is 53.6 Å². The zero-order chi connectivity index (χ0) is 38.2. The third-order valence-corrected chi connectivity index (χ3v) is 10.8. The molecular weight excluding hydrogens is 699 g/mol. The normalized spacial score (nSPS) is 15.8. The minimum atomic E-state index is -3.85. The molecule has 5 aromatic rings. The number of fused-ring (bicyclic) bond motifs is 1. The number of rotatable bonds is 11. The zero-order valence-corrected chi connectivity index (χ0v) is 30.9. The van der Waals surface area contributed by atoms with Crippen molar-refractivity contribution in [3.63, 3.8) is 0 Å². The van der Waals surface area contributed by atoms with E-state index in [1.165, 1.54) is 11.4 Å². The van der Waals surface area contributed by atoms with E-state index in [1.54, 1.807) is 55.2 Å². The molecule has 0 bridgehead atoms. The maximum atomic E-state index is 13.8. The van der Waals surface area contributed by atoms with Crippen LogP contribution in [0.25, 0.3) is 11.1 Å². The van der Waals surface area contributed by atoms with Gasteiger partial charge in [0.05, 0.1) is 44.5 Å². The number of carbonyl (C=O) groups is 1. The number of hydrogen-bond donors (Lipinski definition) is 0. The number of benzene rings is 3. The molecule has 0 saturated heterocycles. The van der Waals surface area contributed by atoms with Crippen molar-refractivity contribution in [2.45, 2.75) is 64.5 Å². The van der Waals surface area contributed by atoms with Crippen molar-refractivity contribution in [2.75, 3.05) is 13.7 Å². The molecule has 0 aliphatic carbocycles. The number of pyridine rings is 1. The summed E-state index contributed by atoms with van der Waals surface area (Å²) in [5.41, 5.74) is 5.11. The second kappa shape index (κ2) is 16.9. The summed E-state index contributed by atoms with van der Waals surface area (Å²) in [5, 5.41) is 8.67. The summed E-state index contributed by atoms with van der Waals surface area (Å²) in [6.07, 6.45) is 4.51. The lowest BCUT2D eigenvalue weighted by molar-refractivity contribution is -0.191. The van der Waals surface area contributed by atoms with Crippen molar-refractivity contribution in [3.05, 3.63) is 125 Å². The summed E-state index contributed by atoms with van der Waals surface area (Å²) in [7, 11) is -2.50. The van der Waals surface area contributed by atoms with Crippen molar-refractivity contribution in [2.24, 2.45) is 5.41 Å². The van der Waals surface area contributed by atoms with Crippen LogP contribution in [0.4, 0.5) is 0 Å². The molecule has 2 aromatic heterocycles. The quantitative estimate of drug-likeness (QED) is 0.157. The smallest absolute Gasteiger partial charge is 0.373 e. The largest absolute Gasteiger partial charge is 0.488 e. The number of aromatic nitrogens is 4. The first kappa shape index (κ1) is 38.7. The van der Waals surface area contributed by atoms with Crippen LogP contribution in [0, 0.1) is 12.3 Å². The molecule has 1 unspecified atom stereocenters. The Bertz CT molecular complexity index is 2180. The number of hydrogen-bond acceptors (Lipinski definition) is 11. The Kier molecular flexibility index (Phi) is 12.3. The molecule has 14 heteroatoms. The van der Waals surface area contributed by atoms with Gasteiger partial charge in [-0.1, -0.05) is 53.7 Å². The van der Waals surface area contributed by atoms with Crippen LogP contribution in [0.15, 0.2) is 102 Å². The number of esters is 1. The van der Waals surface area contributed by atoms with E-state index in [1.807, 2.05) is 62.5 Å². The molecule has 0 N–H and O–H groups in total. The lowest BCUT2D eigenvalue weighted by Gasteiger charge is -2.32. The summed E-state index contributed by atoms with van der Waals surface area (Å²) in [6, 6.07) is 24.6. The van der Waals surface area contributed by atoms with Crippen molar-refractivity contribution < 1.29 is 37.0 Å². The van der Waals surface area contributed by atoms with E-state index in [9.17, 15) is 13.2 Å². The molecule has 1 aliphatic rings. The van der Waals surface area contributed by atoms with E-state index in [-0.39, 0.29) is 36.8 Å². The van der Waals surface area contributed by atoms with Crippen LogP contribution >= 0.6 is 0 Å². The average Bonchev–Trinajstić information content (AvgIpc) is 3.56. The standard InChI is InChI=1S/C38H41N5O6S.CO2/c1-26-13-14-31(20-32(26)23-43-21-27(2)49-34-11-6-7-12-35(34)50(43,45)46)36(38(3,4)37(44)47-5)48-25-33-24-42(41-40-33)22-28-9-8-10-30(19-28)29-15-17-39-18-16-29;2-1-3/h6-20,24,27,36H,21-23,25H2,1-5H3;/t27-,36?;/m1./s1. The molecule has 1 aliphatic heterocycles. The summed E-state index contributed by atoms with van der Waals surface area (Å²) in [4.78, 5) is 33.6. The molecule has 3 aromatic carbocycles. The molecular formula is C39H41N5O8S. The van der Waals surface area contributed by atoms with Crippen LogP contribution in [-0.4, -0.2) is 64.6 Å². The number of nitrogens with zero attached hydrogens (tertiary/aromatic N) is 5. The van der Waals surface area contributed by atoms with E-state index in [2.05, 4.69) is 27.4 Å². The summed E-state index contributed by atoms with van der Waals surface area (Å²) < 4.78 is 48.4. The van der Waals surface area contributed by atoms with E-state index >= 15 is 0 Å². The summed E-state index contributed by atoms with van der Waals surface area (Å²) in [6.45, 7) is 8.21. The van der Waals surface area contributed by atoms with Gasteiger partial charge in [-0.15, -0.1) is 5.10 Å². The third-order valence-electron chi connectivity index (χ3n) is 8.91. The molecule has 0 saturated carbocycles. The maximum absolute atomic E-state index is 13.8. The van der Waals surface area contributed by atoms with Gasteiger partial charge < -0.3 is 14.2 Å². The number of ether oxygens (including phenoxy) is 3. The first-order valence-electron chi connectivity index (χ1n) is 16.8. The van der Waals surface area contributed by atoms with Gasteiger partial charge in [-0.2, -0.15) is 13.9 Å². The lowest BCUT2D eigenvalue weighted by Crippen LogP contribution is -2.36. The number of carbonyl (C=O) groups excluding carboxylic acids is 3. The molecule has 0 amide bonds. The fourth-order valence-corrected chi connectivity index (χ4v) is 7.84. The minimum absolute atomic E-state index is 0.0809. The van der Waals surface area contributed by atoms with E-state index in [4.69, 9.17) is 23.8 Å². The highest BCUT2D eigenvalue weighted by atomic mass is 32.2. The lowest BCUT2D eigenvalue weighted by atomic mass is 9.81. The van der Waals surface area contributed by atoms with Crippen molar-refractivity contribution in [1.29, 1.82) is 0 Å². The Morgan fingerprint density at radius 3 is 2.47 bits per heavy atom. The van der Waals surface area contributed by atoms with Gasteiger partial charge in [-0.3, -0.25) is 9.78 Å². The highest BCUT2D eigenvalue weighted by Crippen LogP contribution is 2.40. The summed E-state index contributed by atoms with van der Waals surface area (Å²) in [5.74, 6) is -0.100. The van der Waals surface area contributed by atoms with Gasteiger partial charge in [0.15, 0.2) is 0 Å². The Hall–Kier alpha value is -5.53. The van der Waals surface area contributed by atoms with Crippen molar-refractivity contribution >= 4 is 22.1 Å². The fourth-order valence-electron chi connectivity index (χ4n) is 6.23. The van der Waals surface area contributed by atoms with Crippen LogP contribution in [0.5, 0.6) is 5.75 Å². The average molecular weight is 740 g/mol. The predicted octanol–water partition coefficient (Wildman–Crippen LogP) is 5.54. The summed E-state index contributed by atoms with van der Waals surface area (Å²) >= 11 is 0. The Morgan fingerprint density at radius 2 is 1.74 bits per heavy atom. The van der Waals surface area contributed by atoms with Crippen LogP contribution in [0.3, 0.4) is 0 Å². The zero-order valence-electron chi connectivity index (χ0n) is 30.1. The van der Waals surface area contributed by atoms with Gasteiger partial charge in [0.2, 0.25) is 10.0 Å².